The van der Waals surface area contributed by atoms with E-state index in [1.165, 1.54) is 4.88 Å². The van der Waals surface area contributed by atoms with Crippen molar-refractivity contribution in [1.82, 2.24) is 3.11 Å². The minimum Gasteiger partial charge on any atom is -0.443 e. The average Bonchev–Trinajstić information content (AvgIpc) is 2.91. The first-order valence-corrected chi connectivity index (χ1v) is 8.28. The Bertz CT molecular complexity index is 457. The van der Waals surface area contributed by atoms with Crippen LogP contribution in [0.2, 0.25) is 0 Å². The number of nitrogens with zero attached hydrogens (tertiary/aromatic N) is 1. The molecule has 1 fully saturated rings. The first kappa shape index (κ1) is 14.6. The van der Waals surface area contributed by atoms with Gasteiger partial charge in [-0.2, -0.15) is 0 Å². The Hall–Kier alpha value is 0.180. The van der Waals surface area contributed by atoms with Gasteiger partial charge in [0.05, 0.1) is 32.7 Å². The summed E-state index contributed by atoms with van der Waals surface area (Å²) in [6, 6.07) is 4.45. The van der Waals surface area contributed by atoms with Crippen LogP contribution < -0.4 is 0 Å². The highest BCUT2D eigenvalue weighted by Crippen LogP contribution is 2.49. The number of thiophene rings is 1. The third-order valence-corrected chi connectivity index (χ3v) is 5.44. The fourth-order valence-corrected chi connectivity index (χ4v) is 4.02. The van der Waals surface area contributed by atoms with Crippen molar-refractivity contribution in [3.8, 4) is 0 Å². The second kappa shape index (κ2) is 5.28. The van der Waals surface area contributed by atoms with Gasteiger partial charge in [-0.05, 0) is 55.3 Å². The number of carbonyl (C=O) groups is 1. The van der Waals surface area contributed by atoms with Crippen LogP contribution in [-0.4, -0.2) is 20.8 Å². The standard InChI is InChI=1S/C12H15BrINO2S/c1-12(2,3)17-11(16)15(14)8-6-7(8)9-4-5-10(13)18-9/h4-5,7-8H,6H2,1-3H3. The van der Waals surface area contributed by atoms with Gasteiger partial charge in [-0.1, -0.05) is 0 Å². The van der Waals surface area contributed by atoms with Gasteiger partial charge >= 0.3 is 6.09 Å². The summed E-state index contributed by atoms with van der Waals surface area (Å²) >= 11 is 7.26. The zero-order valence-electron chi connectivity index (χ0n) is 10.4. The summed E-state index contributed by atoms with van der Waals surface area (Å²) in [5.41, 5.74) is -0.434. The molecule has 1 aromatic heterocycles. The topological polar surface area (TPSA) is 29.5 Å². The van der Waals surface area contributed by atoms with Crippen LogP contribution in [0.15, 0.2) is 15.9 Å². The fraction of sp³-hybridized carbons (Fsp3) is 0.583. The minimum atomic E-state index is -0.434. The lowest BCUT2D eigenvalue weighted by atomic mass is 10.2. The molecule has 1 aliphatic carbocycles. The highest BCUT2D eigenvalue weighted by atomic mass is 127. The largest absolute Gasteiger partial charge is 0.443 e. The van der Waals surface area contributed by atoms with Crippen molar-refractivity contribution in [2.24, 2.45) is 0 Å². The van der Waals surface area contributed by atoms with Crippen LogP contribution in [0, 0.1) is 0 Å². The maximum absolute atomic E-state index is 11.9. The summed E-state index contributed by atoms with van der Waals surface area (Å²) in [6.07, 6.45) is 0.779. The molecule has 1 heterocycles. The van der Waals surface area contributed by atoms with Crippen LogP contribution in [0.25, 0.3) is 0 Å². The molecule has 2 unspecified atom stereocenters. The third kappa shape index (κ3) is 3.60. The molecule has 3 nitrogen and oxygen atoms in total. The van der Waals surface area contributed by atoms with Gasteiger partial charge in [-0.25, -0.2) is 7.91 Å². The lowest BCUT2D eigenvalue weighted by Gasteiger charge is -2.23. The molecule has 100 valence electrons. The number of halogens is 2. The molecule has 0 saturated heterocycles. The van der Waals surface area contributed by atoms with Crippen LogP contribution in [0.5, 0.6) is 0 Å². The minimum absolute atomic E-state index is 0.244. The molecule has 2 rings (SSSR count). The lowest BCUT2D eigenvalue weighted by molar-refractivity contribution is 0.0420. The van der Waals surface area contributed by atoms with Crippen molar-refractivity contribution in [2.45, 2.75) is 44.8 Å². The fourth-order valence-electron chi connectivity index (χ4n) is 1.71. The van der Waals surface area contributed by atoms with E-state index in [1.807, 2.05) is 20.8 Å². The Kier molecular flexibility index (Phi) is 4.28. The molecular weight excluding hydrogens is 429 g/mol. The first-order valence-electron chi connectivity index (χ1n) is 5.71. The predicted molar refractivity (Wildman–Crippen MR) is 85.3 cm³/mol. The molecule has 6 heteroatoms. The molecule has 0 aliphatic heterocycles. The van der Waals surface area contributed by atoms with E-state index in [2.05, 4.69) is 50.9 Å². The van der Waals surface area contributed by atoms with Crippen LogP contribution in [0.3, 0.4) is 0 Å². The molecule has 0 bridgehead atoms. The average molecular weight is 444 g/mol. The van der Waals surface area contributed by atoms with Crippen LogP contribution in [0.4, 0.5) is 4.79 Å². The van der Waals surface area contributed by atoms with Gasteiger partial charge in [0.1, 0.15) is 5.60 Å². The van der Waals surface area contributed by atoms with Gasteiger partial charge in [0.25, 0.3) is 0 Å². The Morgan fingerprint density at radius 2 is 2.22 bits per heavy atom. The van der Waals surface area contributed by atoms with Gasteiger partial charge in [-0.15, -0.1) is 11.3 Å². The number of carbonyl (C=O) groups excluding carboxylic acids is 1. The molecule has 2 atom stereocenters. The Morgan fingerprint density at radius 1 is 1.56 bits per heavy atom. The van der Waals surface area contributed by atoms with E-state index in [-0.39, 0.29) is 12.1 Å². The van der Waals surface area contributed by atoms with Crippen molar-refractivity contribution >= 4 is 56.2 Å². The summed E-state index contributed by atoms with van der Waals surface area (Å²) in [7, 11) is 0. The van der Waals surface area contributed by atoms with Gasteiger partial charge in [0.2, 0.25) is 0 Å². The van der Waals surface area contributed by atoms with Gasteiger partial charge < -0.3 is 4.74 Å². The molecule has 18 heavy (non-hydrogen) atoms. The molecular formula is C12H15BrINO2S. The van der Waals surface area contributed by atoms with E-state index in [1.54, 1.807) is 14.5 Å². The van der Waals surface area contributed by atoms with E-state index in [9.17, 15) is 4.79 Å². The number of rotatable bonds is 2. The van der Waals surface area contributed by atoms with E-state index in [0.717, 1.165) is 10.2 Å². The summed E-state index contributed by atoms with van der Waals surface area (Å²) in [4.78, 5) is 13.2. The quantitative estimate of drug-likeness (QED) is 0.477. The first-order chi connectivity index (χ1) is 8.28. The second-order valence-electron chi connectivity index (χ2n) is 5.34. The molecule has 0 radical (unpaired) electrons. The van der Waals surface area contributed by atoms with Gasteiger partial charge in [0, 0.05) is 10.8 Å². The van der Waals surface area contributed by atoms with Crippen molar-refractivity contribution < 1.29 is 9.53 Å². The third-order valence-electron chi connectivity index (χ3n) is 2.58. The van der Waals surface area contributed by atoms with Crippen LogP contribution >= 0.6 is 50.1 Å². The van der Waals surface area contributed by atoms with E-state index < -0.39 is 5.60 Å². The molecule has 0 spiro atoms. The monoisotopic (exact) mass is 443 g/mol. The summed E-state index contributed by atoms with van der Waals surface area (Å²) < 4.78 is 8.20. The normalized spacial score (nSPS) is 22.7. The SMILES string of the molecule is CC(C)(C)OC(=O)N(I)C1CC1c1ccc(Br)s1. The maximum atomic E-state index is 11.9. The number of ether oxygens (including phenoxy) is 1. The second-order valence-corrected chi connectivity index (χ2v) is 8.88. The summed E-state index contributed by atoms with van der Waals surface area (Å²) in [6.45, 7) is 5.66. The lowest BCUT2D eigenvalue weighted by Crippen LogP contribution is -2.32. The molecule has 0 aromatic carbocycles. The van der Waals surface area contributed by atoms with Crippen LogP contribution in [0.1, 0.15) is 38.0 Å². The Morgan fingerprint density at radius 3 is 2.72 bits per heavy atom. The summed E-state index contributed by atoms with van der Waals surface area (Å²) in [5, 5.41) is 0. The van der Waals surface area contributed by atoms with Gasteiger partial charge in [-0.3, -0.25) is 0 Å². The van der Waals surface area contributed by atoms with Gasteiger partial charge in [0.15, 0.2) is 0 Å². The number of amides is 1. The van der Waals surface area contributed by atoms with Crippen molar-refractivity contribution in [2.75, 3.05) is 0 Å². The number of hydrogen-bond acceptors (Lipinski definition) is 3. The maximum Gasteiger partial charge on any atom is 0.419 e. The molecule has 1 aromatic rings. The smallest absolute Gasteiger partial charge is 0.419 e. The highest BCUT2D eigenvalue weighted by molar-refractivity contribution is 14.1. The zero-order valence-corrected chi connectivity index (χ0v) is 15.0. The predicted octanol–water partition coefficient (Wildman–Crippen LogP) is 4.95. The summed E-state index contributed by atoms with van der Waals surface area (Å²) in [5.74, 6) is 0.464. The number of hydrogen-bond donors (Lipinski definition) is 0. The van der Waals surface area contributed by atoms with Crippen molar-refractivity contribution in [3.05, 3.63) is 20.8 Å². The Balaban J connectivity index is 1.93. The van der Waals surface area contributed by atoms with E-state index in [0.29, 0.717) is 5.92 Å². The van der Waals surface area contributed by atoms with E-state index >= 15 is 0 Å². The molecule has 0 N–H and O–H groups in total. The van der Waals surface area contributed by atoms with Crippen LogP contribution in [-0.2, 0) is 4.74 Å². The highest BCUT2D eigenvalue weighted by Gasteiger charge is 2.46. The molecule has 1 aliphatic rings. The van der Waals surface area contributed by atoms with Crippen molar-refractivity contribution in [3.63, 3.8) is 0 Å². The zero-order chi connectivity index (χ0) is 13.5. The molecule has 1 amide bonds. The molecule has 1 saturated carbocycles. The Labute approximate surface area is 134 Å². The van der Waals surface area contributed by atoms with E-state index in [4.69, 9.17) is 4.74 Å². The van der Waals surface area contributed by atoms with Crippen molar-refractivity contribution in [1.29, 1.82) is 0 Å².